The predicted molar refractivity (Wildman–Crippen MR) is 142 cm³/mol. The summed E-state index contributed by atoms with van der Waals surface area (Å²) >= 11 is 0. The number of rotatable bonds is 6. The second kappa shape index (κ2) is 12.0. The largest absolute Gasteiger partial charge is 4.00 e. The average Bonchev–Trinajstić information content (AvgIpc) is 2.88. The molecule has 4 atom stereocenters. The van der Waals surface area contributed by atoms with E-state index in [2.05, 4.69) is 108 Å². The fraction of sp³-hybridized carbons (Fsp3) is 0.462. The van der Waals surface area contributed by atoms with Crippen LogP contribution >= 0.6 is 0 Å². The molecular formula is C26H42N2Si2Zr. The monoisotopic (exact) mass is 528 g/mol. The van der Waals surface area contributed by atoms with Crippen LogP contribution in [0.1, 0.15) is 20.8 Å². The zero-order valence-corrected chi connectivity index (χ0v) is 25.5. The Balaban J connectivity index is 0.00000300. The first kappa shape index (κ1) is 30.4. The Morgan fingerprint density at radius 1 is 0.548 bits per heavy atom. The van der Waals surface area contributed by atoms with Crippen molar-refractivity contribution in [2.24, 2.45) is 17.8 Å². The molecule has 0 radical (unpaired) electrons. The van der Waals surface area contributed by atoms with E-state index in [0.29, 0.717) is 22.9 Å². The van der Waals surface area contributed by atoms with Crippen molar-refractivity contribution < 1.29 is 26.2 Å². The summed E-state index contributed by atoms with van der Waals surface area (Å²) in [4.78, 5) is 10.8. The molecule has 1 saturated carbocycles. The Morgan fingerprint density at radius 2 is 0.839 bits per heavy atom. The van der Waals surface area contributed by atoms with Crippen LogP contribution < -0.4 is 0 Å². The number of hydrogen-bond donors (Lipinski definition) is 0. The van der Waals surface area contributed by atoms with Gasteiger partial charge in [0.2, 0.25) is 0 Å². The van der Waals surface area contributed by atoms with Crippen molar-refractivity contribution in [1.29, 1.82) is 0 Å². The van der Waals surface area contributed by atoms with Gasteiger partial charge in [0.25, 0.3) is 0 Å². The van der Waals surface area contributed by atoms with Gasteiger partial charge in [-0.2, -0.15) is 0 Å². The number of nitrogens with zero attached hydrogens (tertiary/aromatic N) is 2. The molecule has 0 bridgehead atoms. The van der Waals surface area contributed by atoms with E-state index in [1.165, 1.54) is 0 Å². The van der Waals surface area contributed by atoms with Gasteiger partial charge in [-0.05, 0) is 34.2 Å². The van der Waals surface area contributed by atoms with Crippen LogP contribution in [0.3, 0.4) is 0 Å². The summed E-state index contributed by atoms with van der Waals surface area (Å²) in [5.41, 5.74) is 3.65. The maximum atomic E-state index is 5.38. The average molecular weight is 530 g/mol. The van der Waals surface area contributed by atoms with Gasteiger partial charge >= 0.3 is 26.2 Å². The second-order valence-corrected chi connectivity index (χ2v) is 18.2. The fourth-order valence-electron chi connectivity index (χ4n) is 5.77. The molecule has 0 aromatic heterocycles. The van der Waals surface area contributed by atoms with E-state index in [9.17, 15) is 0 Å². The zero-order valence-electron chi connectivity index (χ0n) is 21.1. The topological polar surface area (TPSA) is 28.2 Å². The first-order valence-corrected chi connectivity index (χ1v) is 16.7. The first-order chi connectivity index (χ1) is 13.1. The van der Waals surface area contributed by atoms with Crippen molar-refractivity contribution >= 4 is 27.8 Å². The Kier molecular flexibility index (Phi) is 11.7. The molecule has 2 aromatic carbocycles. The Morgan fingerprint density at radius 3 is 1.13 bits per heavy atom. The van der Waals surface area contributed by atoms with E-state index in [-0.39, 0.29) is 41.1 Å². The Hall–Kier alpha value is -0.643. The molecule has 0 heterocycles. The van der Waals surface area contributed by atoms with Crippen LogP contribution in [-0.2, 0) is 26.2 Å². The van der Waals surface area contributed by atoms with E-state index in [1.54, 1.807) is 0 Å². The van der Waals surface area contributed by atoms with Crippen LogP contribution in [0.15, 0.2) is 60.7 Å². The van der Waals surface area contributed by atoms with Gasteiger partial charge < -0.3 is 24.8 Å². The van der Waals surface area contributed by atoms with Crippen molar-refractivity contribution in [2.45, 2.75) is 58.0 Å². The minimum atomic E-state index is -1.85. The Bertz CT molecular complexity index is 702. The summed E-state index contributed by atoms with van der Waals surface area (Å²) in [5, 5.41) is 0. The van der Waals surface area contributed by atoms with Crippen LogP contribution in [0.5, 0.6) is 0 Å². The van der Waals surface area contributed by atoms with Gasteiger partial charge in [-0.3, -0.25) is 0 Å². The molecule has 1 aliphatic rings. The third-order valence-electron chi connectivity index (χ3n) is 7.16. The van der Waals surface area contributed by atoms with Crippen molar-refractivity contribution in [1.82, 2.24) is 0 Å². The summed E-state index contributed by atoms with van der Waals surface area (Å²) in [6, 6.07) is 21.2. The number of benzene rings is 2. The third-order valence-corrected chi connectivity index (χ3v) is 14.2. The van der Waals surface area contributed by atoms with E-state index in [1.807, 2.05) is 0 Å². The van der Waals surface area contributed by atoms with Gasteiger partial charge in [0.05, 0.1) is 0 Å². The molecule has 1 aliphatic carbocycles. The molecular weight excluding hydrogens is 488 g/mol. The van der Waals surface area contributed by atoms with E-state index in [0.717, 1.165) is 17.3 Å². The first-order valence-electron chi connectivity index (χ1n) is 10.7. The van der Waals surface area contributed by atoms with Gasteiger partial charge in [-0.15, -0.1) is 11.4 Å². The minimum Gasteiger partial charge on any atom is -0.687 e. The molecule has 0 aliphatic heterocycles. The normalized spacial score (nSPS) is 25.5. The molecule has 0 saturated heterocycles. The third kappa shape index (κ3) is 6.68. The second-order valence-electron chi connectivity index (χ2n) is 9.83. The minimum absolute atomic E-state index is 0. The quantitative estimate of drug-likeness (QED) is 0.263. The molecule has 0 N–H and O–H groups in total. The van der Waals surface area contributed by atoms with Gasteiger partial charge in [0, 0.05) is 0 Å². The van der Waals surface area contributed by atoms with Gasteiger partial charge in [0.1, 0.15) is 0 Å². The van der Waals surface area contributed by atoms with E-state index >= 15 is 0 Å². The molecule has 168 valence electrons. The summed E-state index contributed by atoms with van der Waals surface area (Å²) in [5.74, 6) is 2.13. The van der Waals surface area contributed by atoms with Gasteiger partial charge in [-0.25, -0.2) is 0 Å². The molecule has 2 aromatic rings. The summed E-state index contributed by atoms with van der Waals surface area (Å²) in [6.07, 6.45) is 0. The molecule has 2 nitrogen and oxygen atoms in total. The molecule has 5 heteroatoms. The van der Waals surface area contributed by atoms with E-state index < -0.39 is 16.5 Å². The van der Waals surface area contributed by atoms with E-state index in [4.69, 9.17) is 9.96 Å². The van der Waals surface area contributed by atoms with Gasteiger partial charge in [-0.1, -0.05) is 119 Å². The standard InChI is InChI=1S/C24H36N2Si2.2CH3.Zr/c1-18-19(2)23(27(4,5)25-21-14-10-8-11-15-21)24(20(18)3)28(6,7)26-22-16-12-9-13-17-22;;;/h8-20,23-24H,1-7H3;2*1H3;/q-2;2*-1;+4. The zero-order chi connectivity index (χ0) is 20.5. The summed E-state index contributed by atoms with van der Waals surface area (Å²) in [7, 11) is -3.70. The van der Waals surface area contributed by atoms with Gasteiger partial charge in [0.15, 0.2) is 0 Å². The molecule has 0 amide bonds. The smallest absolute Gasteiger partial charge is 0.687 e. The predicted octanol–water partition coefficient (Wildman–Crippen LogP) is 9.37. The molecule has 1 fully saturated rings. The van der Waals surface area contributed by atoms with Crippen LogP contribution in [0, 0.1) is 32.6 Å². The maximum Gasteiger partial charge on any atom is 4.00 e. The Labute approximate surface area is 214 Å². The summed E-state index contributed by atoms with van der Waals surface area (Å²) < 4.78 is 0. The number of hydrogen-bond acceptors (Lipinski definition) is 0. The fourth-order valence-corrected chi connectivity index (χ4v) is 15.7. The molecule has 3 rings (SSSR count). The SMILES string of the molecule is CC1C(C)C([Si](C)(C)[N-]c2ccccc2)C([Si](C)(C)[N-]c2ccccc2)C1C.[CH3-].[CH3-].[Zr+4]. The van der Waals surface area contributed by atoms with Crippen molar-refractivity contribution in [3.05, 3.63) is 85.5 Å². The van der Waals surface area contributed by atoms with Crippen LogP contribution in [0.4, 0.5) is 11.4 Å². The van der Waals surface area contributed by atoms with Crippen LogP contribution in [0.25, 0.3) is 9.96 Å². The van der Waals surface area contributed by atoms with Crippen molar-refractivity contribution in [2.75, 3.05) is 0 Å². The molecule has 4 unspecified atom stereocenters. The maximum absolute atomic E-state index is 5.38. The van der Waals surface area contributed by atoms with Crippen molar-refractivity contribution in [3.8, 4) is 0 Å². The van der Waals surface area contributed by atoms with Crippen molar-refractivity contribution in [3.63, 3.8) is 0 Å². The van der Waals surface area contributed by atoms with Crippen LogP contribution in [-0.4, -0.2) is 16.5 Å². The molecule has 31 heavy (non-hydrogen) atoms. The summed E-state index contributed by atoms with van der Waals surface area (Å²) in [6.45, 7) is 17.3. The molecule has 0 spiro atoms. The van der Waals surface area contributed by atoms with Crippen LogP contribution in [0.2, 0.25) is 37.3 Å².